The molecule has 1 rings (SSSR count). The van der Waals surface area contributed by atoms with Crippen LogP contribution in [0.2, 0.25) is 0 Å². The molecule has 2 unspecified atom stereocenters. The molecule has 10 heavy (non-hydrogen) atoms. The quantitative estimate of drug-likeness (QED) is 0.556. The van der Waals surface area contributed by atoms with Gasteiger partial charge in [0.25, 0.3) is 0 Å². The summed E-state index contributed by atoms with van der Waals surface area (Å²) in [5, 5.41) is 11.5. The average Bonchev–Trinajstić information content (AvgIpc) is 1.95. The Morgan fingerprint density at radius 2 is 2.30 bits per heavy atom. The molecule has 0 radical (unpaired) electrons. The molecule has 0 aliphatic carbocycles. The third-order valence-electron chi connectivity index (χ3n) is 2.27. The van der Waals surface area contributed by atoms with Gasteiger partial charge in [0.05, 0.1) is 6.04 Å². The van der Waals surface area contributed by atoms with Crippen molar-refractivity contribution in [3.63, 3.8) is 0 Å². The van der Waals surface area contributed by atoms with Crippen LogP contribution in [0.25, 0.3) is 0 Å². The summed E-state index contributed by atoms with van der Waals surface area (Å²) in [4.78, 5) is 0. The van der Waals surface area contributed by atoms with E-state index in [1.54, 1.807) is 0 Å². The summed E-state index contributed by atoms with van der Waals surface area (Å²) in [6.07, 6.45) is 4.77. The van der Waals surface area contributed by atoms with Crippen molar-refractivity contribution in [1.29, 1.82) is 0 Å². The maximum atomic E-state index is 9.16. The van der Waals surface area contributed by atoms with Gasteiger partial charge in [-0.25, -0.2) is 0 Å². The minimum Gasteiger partial charge on any atom is -0.387 e. The summed E-state index contributed by atoms with van der Waals surface area (Å²) in [6.45, 7) is 3.14. The lowest BCUT2D eigenvalue weighted by atomic mass is 9.99. The van der Waals surface area contributed by atoms with Gasteiger partial charge in [-0.05, 0) is 12.8 Å². The van der Waals surface area contributed by atoms with Crippen LogP contribution in [0.15, 0.2) is 0 Å². The lowest BCUT2D eigenvalue weighted by Gasteiger charge is -2.23. The Hall–Kier alpha value is -0.0800. The van der Waals surface area contributed by atoms with Gasteiger partial charge in [-0.1, -0.05) is 13.3 Å². The molecule has 1 saturated heterocycles. The Morgan fingerprint density at radius 3 is 2.80 bits per heavy atom. The molecule has 0 aromatic rings. The van der Waals surface area contributed by atoms with Crippen molar-refractivity contribution in [3.05, 3.63) is 0 Å². The fourth-order valence-electron chi connectivity index (χ4n) is 1.62. The first-order chi connectivity index (χ1) is 4.83. The van der Waals surface area contributed by atoms with E-state index in [2.05, 4.69) is 12.2 Å². The molecule has 0 aromatic carbocycles. The Balaban J connectivity index is 2.13. The first kappa shape index (κ1) is 8.02. The second kappa shape index (κ2) is 3.94. The van der Waals surface area contributed by atoms with Crippen LogP contribution in [0.3, 0.4) is 0 Å². The fourth-order valence-corrected chi connectivity index (χ4v) is 1.62. The highest BCUT2D eigenvalue weighted by Crippen LogP contribution is 2.06. The van der Waals surface area contributed by atoms with Crippen molar-refractivity contribution in [2.24, 2.45) is 0 Å². The van der Waals surface area contributed by atoms with E-state index in [-0.39, 0.29) is 6.10 Å². The van der Waals surface area contributed by atoms with E-state index < -0.39 is 0 Å². The second-order valence-electron chi connectivity index (χ2n) is 3.25. The summed E-state index contributed by atoms with van der Waals surface area (Å²) in [5.41, 5.74) is 0. The molecule has 0 bridgehead atoms. The number of quaternary nitrogens is 1. The van der Waals surface area contributed by atoms with Gasteiger partial charge in [-0.2, -0.15) is 0 Å². The maximum absolute atomic E-state index is 9.16. The van der Waals surface area contributed by atoms with Crippen molar-refractivity contribution in [3.8, 4) is 0 Å². The lowest BCUT2D eigenvalue weighted by Crippen LogP contribution is -2.93. The molecule has 0 spiro atoms. The summed E-state index contributed by atoms with van der Waals surface area (Å²) in [6, 6.07) is 0.799. The zero-order valence-electron chi connectivity index (χ0n) is 6.71. The van der Waals surface area contributed by atoms with Gasteiger partial charge in [-0.3, -0.25) is 0 Å². The van der Waals surface area contributed by atoms with Gasteiger partial charge in [0, 0.05) is 6.42 Å². The van der Waals surface area contributed by atoms with Crippen LogP contribution in [-0.2, 0) is 0 Å². The number of hydrogen-bond acceptors (Lipinski definition) is 1. The molecule has 1 aliphatic rings. The number of piperidine rings is 1. The van der Waals surface area contributed by atoms with Crippen molar-refractivity contribution in [2.75, 3.05) is 6.54 Å². The van der Waals surface area contributed by atoms with E-state index in [9.17, 15) is 0 Å². The molecule has 0 saturated carbocycles. The van der Waals surface area contributed by atoms with Crippen LogP contribution >= 0.6 is 0 Å². The number of aliphatic hydroxyl groups excluding tert-OH is 1. The summed E-state index contributed by atoms with van der Waals surface area (Å²) >= 11 is 0. The predicted octanol–water partition coefficient (Wildman–Crippen LogP) is -0.127. The van der Waals surface area contributed by atoms with E-state index in [1.807, 2.05) is 0 Å². The van der Waals surface area contributed by atoms with Crippen LogP contribution in [-0.4, -0.2) is 23.8 Å². The Morgan fingerprint density at radius 1 is 1.50 bits per heavy atom. The van der Waals surface area contributed by atoms with Gasteiger partial charge >= 0.3 is 0 Å². The molecule has 60 valence electrons. The van der Waals surface area contributed by atoms with E-state index in [1.165, 1.54) is 19.3 Å². The second-order valence-corrected chi connectivity index (χ2v) is 3.25. The maximum Gasteiger partial charge on any atom is 0.103 e. The van der Waals surface area contributed by atoms with Gasteiger partial charge in [0.15, 0.2) is 0 Å². The molecule has 1 heterocycles. The fraction of sp³-hybridized carbons (Fsp3) is 1.00. The number of rotatable bonds is 2. The standard InChI is InChI=1S/C8H17NO/c1-2-3-7-4-5-8(10)6-9-7/h7-10H,2-6H2,1H3/p+1. The molecule has 2 heteroatoms. The monoisotopic (exact) mass is 144 g/mol. The van der Waals surface area contributed by atoms with Crippen molar-refractivity contribution < 1.29 is 10.4 Å². The van der Waals surface area contributed by atoms with Gasteiger partial charge < -0.3 is 10.4 Å². The van der Waals surface area contributed by atoms with Crippen LogP contribution in [0.5, 0.6) is 0 Å². The van der Waals surface area contributed by atoms with Crippen LogP contribution in [0.1, 0.15) is 32.6 Å². The number of aliphatic hydroxyl groups is 1. The Bertz CT molecular complexity index is 87.3. The van der Waals surface area contributed by atoms with Crippen LogP contribution < -0.4 is 5.32 Å². The summed E-state index contributed by atoms with van der Waals surface area (Å²) < 4.78 is 0. The highest BCUT2D eigenvalue weighted by molar-refractivity contribution is 4.64. The SMILES string of the molecule is CCCC1CCC(O)C[NH2+]1. The van der Waals surface area contributed by atoms with E-state index in [0.717, 1.165) is 19.0 Å². The van der Waals surface area contributed by atoms with Crippen LogP contribution in [0, 0.1) is 0 Å². The third kappa shape index (κ3) is 2.27. The molecule has 1 fully saturated rings. The molecule has 1 aliphatic heterocycles. The molecular formula is C8H18NO+. The zero-order valence-corrected chi connectivity index (χ0v) is 6.71. The number of hydrogen-bond donors (Lipinski definition) is 2. The van der Waals surface area contributed by atoms with Gasteiger partial charge in [-0.15, -0.1) is 0 Å². The van der Waals surface area contributed by atoms with Crippen molar-refractivity contribution in [1.82, 2.24) is 0 Å². The lowest BCUT2D eigenvalue weighted by molar-refractivity contribution is -0.704. The van der Waals surface area contributed by atoms with Crippen molar-refractivity contribution in [2.45, 2.75) is 44.8 Å². The first-order valence-corrected chi connectivity index (χ1v) is 4.34. The Labute approximate surface area is 62.6 Å². The molecular weight excluding hydrogens is 126 g/mol. The first-order valence-electron chi connectivity index (χ1n) is 4.34. The van der Waals surface area contributed by atoms with Gasteiger partial charge in [0.2, 0.25) is 0 Å². The van der Waals surface area contributed by atoms with E-state index in [0.29, 0.717) is 0 Å². The molecule has 2 nitrogen and oxygen atoms in total. The summed E-state index contributed by atoms with van der Waals surface area (Å²) in [5.74, 6) is 0. The number of nitrogens with two attached hydrogens (primary N) is 1. The van der Waals surface area contributed by atoms with Crippen molar-refractivity contribution >= 4 is 0 Å². The van der Waals surface area contributed by atoms with E-state index in [4.69, 9.17) is 5.11 Å². The minimum absolute atomic E-state index is 0.0342. The van der Waals surface area contributed by atoms with Gasteiger partial charge in [0.1, 0.15) is 12.6 Å². The molecule has 0 amide bonds. The van der Waals surface area contributed by atoms with Crippen LogP contribution in [0.4, 0.5) is 0 Å². The molecule has 2 atom stereocenters. The largest absolute Gasteiger partial charge is 0.387 e. The predicted molar refractivity (Wildman–Crippen MR) is 40.7 cm³/mol. The smallest absolute Gasteiger partial charge is 0.103 e. The summed E-state index contributed by atoms with van der Waals surface area (Å²) in [7, 11) is 0. The normalized spacial score (nSPS) is 34.2. The zero-order chi connectivity index (χ0) is 7.40. The third-order valence-corrected chi connectivity index (χ3v) is 2.27. The average molecular weight is 144 g/mol. The molecule has 0 aromatic heterocycles. The topological polar surface area (TPSA) is 36.8 Å². The highest BCUT2D eigenvalue weighted by atomic mass is 16.3. The van der Waals surface area contributed by atoms with E-state index >= 15 is 0 Å². The Kier molecular flexibility index (Phi) is 3.16. The highest BCUT2D eigenvalue weighted by Gasteiger charge is 2.20. The minimum atomic E-state index is -0.0342. The molecule has 3 N–H and O–H groups in total.